The highest BCUT2D eigenvalue weighted by Gasteiger charge is 2.22. The van der Waals surface area contributed by atoms with Crippen LogP contribution in [-0.2, 0) is 0 Å². The molecule has 1 aliphatic rings. The molecule has 1 N–H and O–H groups in total. The number of anilines is 1. The molecule has 0 saturated heterocycles. The summed E-state index contributed by atoms with van der Waals surface area (Å²) >= 11 is 2.23. The fourth-order valence-corrected chi connectivity index (χ4v) is 4.01. The monoisotopic (exact) mass is 476 g/mol. The number of rotatable bonds is 4. The molecule has 0 unspecified atom stereocenters. The van der Waals surface area contributed by atoms with E-state index in [0.717, 1.165) is 34.8 Å². The highest BCUT2D eigenvalue weighted by atomic mass is 127. The summed E-state index contributed by atoms with van der Waals surface area (Å²) in [6.45, 7) is 2.02. The standard InChI is InChI=1S/C22H25IN2O2/c1-15-12-13-16(14-19(15)23)22(27)25(2)20-11-7-6-10-18(20)21(26)24-17-8-4-3-5-9-17/h6-7,10-14,17H,3-5,8-9H2,1-2H3,(H,24,26). The van der Waals surface area contributed by atoms with Gasteiger partial charge in [0.05, 0.1) is 11.3 Å². The third-order valence-electron chi connectivity index (χ3n) is 5.17. The van der Waals surface area contributed by atoms with Crippen LogP contribution in [0.15, 0.2) is 42.5 Å². The third-order valence-corrected chi connectivity index (χ3v) is 6.34. The molecule has 1 fully saturated rings. The molecule has 0 spiro atoms. The first-order valence-corrected chi connectivity index (χ1v) is 10.5. The number of hydrogen-bond acceptors (Lipinski definition) is 2. The second-order valence-corrected chi connectivity index (χ2v) is 8.32. The quantitative estimate of drug-likeness (QED) is 0.636. The van der Waals surface area contributed by atoms with E-state index in [1.807, 2.05) is 43.3 Å². The molecule has 27 heavy (non-hydrogen) atoms. The summed E-state index contributed by atoms with van der Waals surface area (Å²) in [4.78, 5) is 27.4. The first-order valence-electron chi connectivity index (χ1n) is 9.41. The lowest BCUT2D eigenvalue weighted by Gasteiger charge is -2.25. The van der Waals surface area contributed by atoms with Gasteiger partial charge in [0.25, 0.3) is 11.8 Å². The predicted molar refractivity (Wildman–Crippen MR) is 117 cm³/mol. The van der Waals surface area contributed by atoms with E-state index < -0.39 is 0 Å². The SMILES string of the molecule is Cc1ccc(C(=O)N(C)c2ccccc2C(=O)NC2CCCCC2)cc1I. The van der Waals surface area contributed by atoms with Crippen molar-refractivity contribution in [3.8, 4) is 0 Å². The molecule has 1 saturated carbocycles. The van der Waals surface area contributed by atoms with Gasteiger partial charge in [0.1, 0.15) is 0 Å². The van der Waals surface area contributed by atoms with Crippen LogP contribution in [0.4, 0.5) is 5.69 Å². The number of hydrogen-bond donors (Lipinski definition) is 1. The van der Waals surface area contributed by atoms with Crippen molar-refractivity contribution >= 4 is 40.1 Å². The molecule has 1 aliphatic carbocycles. The molecule has 0 aliphatic heterocycles. The Labute approximate surface area is 174 Å². The smallest absolute Gasteiger partial charge is 0.258 e. The van der Waals surface area contributed by atoms with Gasteiger partial charge in [-0.15, -0.1) is 0 Å². The zero-order valence-electron chi connectivity index (χ0n) is 15.8. The first kappa shape index (κ1) is 19.9. The van der Waals surface area contributed by atoms with E-state index >= 15 is 0 Å². The lowest BCUT2D eigenvalue weighted by atomic mass is 9.95. The molecular formula is C22H25IN2O2. The van der Waals surface area contributed by atoms with Gasteiger partial charge in [0.15, 0.2) is 0 Å². The molecule has 5 heteroatoms. The van der Waals surface area contributed by atoms with Crippen molar-refractivity contribution in [2.75, 3.05) is 11.9 Å². The van der Waals surface area contributed by atoms with Crippen molar-refractivity contribution in [1.82, 2.24) is 5.32 Å². The van der Waals surface area contributed by atoms with E-state index in [0.29, 0.717) is 16.8 Å². The van der Waals surface area contributed by atoms with Crippen LogP contribution < -0.4 is 10.2 Å². The third kappa shape index (κ3) is 4.69. The van der Waals surface area contributed by atoms with Crippen molar-refractivity contribution in [3.05, 3.63) is 62.7 Å². The van der Waals surface area contributed by atoms with E-state index in [9.17, 15) is 9.59 Å². The van der Waals surface area contributed by atoms with Gasteiger partial charge >= 0.3 is 0 Å². The highest BCUT2D eigenvalue weighted by molar-refractivity contribution is 14.1. The second-order valence-electron chi connectivity index (χ2n) is 7.15. The Bertz CT molecular complexity index is 844. The number of benzene rings is 2. The largest absolute Gasteiger partial charge is 0.349 e. The number of aryl methyl sites for hydroxylation is 1. The van der Waals surface area contributed by atoms with Gasteiger partial charge in [0, 0.05) is 22.2 Å². The molecule has 0 bridgehead atoms. The van der Waals surface area contributed by atoms with Crippen LogP contribution >= 0.6 is 22.6 Å². The average molecular weight is 476 g/mol. The number of nitrogens with zero attached hydrogens (tertiary/aromatic N) is 1. The summed E-state index contributed by atoms with van der Waals surface area (Å²) in [5, 5.41) is 3.15. The normalized spacial score (nSPS) is 14.6. The van der Waals surface area contributed by atoms with Crippen LogP contribution in [0.2, 0.25) is 0 Å². The number of carbonyl (C=O) groups excluding carboxylic acids is 2. The summed E-state index contributed by atoms with van der Waals surface area (Å²) in [7, 11) is 1.72. The van der Waals surface area contributed by atoms with Crippen LogP contribution in [0.5, 0.6) is 0 Å². The lowest BCUT2D eigenvalue weighted by molar-refractivity contribution is 0.0928. The molecule has 0 heterocycles. The van der Waals surface area contributed by atoms with Crippen molar-refractivity contribution in [1.29, 1.82) is 0 Å². The fraction of sp³-hybridized carbons (Fsp3) is 0.364. The minimum absolute atomic E-state index is 0.101. The zero-order chi connectivity index (χ0) is 19.4. The molecule has 2 aromatic rings. The minimum atomic E-state index is -0.120. The van der Waals surface area contributed by atoms with E-state index in [2.05, 4.69) is 27.9 Å². The first-order chi connectivity index (χ1) is 13.0. The van der Waals surface area contributed by atoms with Gasteiger partial charge in [0.2, 0.25) is 0 Å². The molecule has 142 valence electrons. The molecule has 4 nitrogen and oxygen atoms in total. The lowest BCUT2D eigenvalue weighted by Crippen LogP contribution is -2.37. The number of amides is 2. The van der Waals surface area contributed by atoms with Crippen molar-refractivity contribution < 1.29 is 9.59 Å². The van der Waals surface area contributed by atoms with Gasteiger partial charge in [-0.25, -0.2) is 0 Å². The van der Waals surface area contributed by atoms with Gasteiger partial charge in [-0.2, -0.15) is 0 Å². The van der Waals surface area contributed by atoms with Gasteiger partial charge in [-0.3, -0.25) is 9.59 Å². The van der Waals surface area contributed by atoms with Gasteiger partial charge in [-0.1, -0.05) is 37.5 Å². The van der Waals surface area contributed by atoms with Crippen LogP contribution in [0.25, 0.3) is 0 Å². The van der Waals surface area contributed by atoms with Crippen LogP contribution in [-0.4, -0.2) is 24.9 Å². The fourth-order valence-electron chi connectivity index (χ4n) is 3.50. The Morgan fingerprint density at radius 2 is 1.78 bits per heavy atom. The van der Waals surface area contributed by atoms with Crippen LogP contribution in [0, 0.1) is 10.5 Å². The molecule has 2 amide bonds. The zero-order valence-corrected chi connectivity index (χ0v) is 18.0. The molecule has 0 aromatic heterocycles. The predicted octanol–water partition coefficient (Wildman–Crippen LogP) is 4.94. The van der Waals surface area contributed by atoms with Crippen molar-refractivity contribution in [2.45, 2.75) is 45.1 Å². The van der Waals surface area contributed by atoms with E-state index in [1.54, 1.807) is 18.0 Å². The van der Waals surface area contributed by atoms with Crippen molar-refractivity contribution in [2.24, 2.45) is 0 Å². The second kappa shape index (κ2) is 8.87. The molecule has 0 radical (unpaired) electrons. The minimum Gasteiger partial charge on any atom is -0.349 e. The van der Waals surface area contributed by atoms with Gasteiger partial charge < -0.3 is 10.2 Å². The van der Waals surface area contributed by atoms with E-state index in [-0.39, 0.29) is 17.9 Å². The summed E-state index contributed by atoms with van der Waals surface area (Å²) < 4.78 is 1.05. The Morgan fingerprint density at radius 1 is 1.07 bits per heavy atom. The van der Waals surface area contributed by atoms with Crippen molar-refractivity contribution in [3.63, 3.8) is 0 Å². The Balaban J connectivity index is 1.82. The maximum atomic E-state index is 13.0. The Hall–Kier alpha value is -1.89. The topological polar surface area (TPSA) is 49.4 Å². The summed E-state index contributed by atoms with van der Waals surface area (Å²) in [5.74, 6) is -0.221. The Morgan fingerprint density at radius 3 is 2.48 bits per heavy atom. The average Bonchev–Trinajstić information content (AvgIpc) is 2.69. The number of halogens is 1. The van der Waals surface area contributed by atoms with Crippen LogP contribution in [0.3, 0.4) is 0 Å². The maximum Gasteiger partial charge on any atom is 0.258 e. The van der Waals surface area contributed by atoms with Crippen LogP contribution in [0.1, 0.15) is 58.4 Å². The van der Waals surface area contributed by atoms with Gasteiger partial charge in [-0.05, 0) is 72.2 Å². The summed E-state index contributed by atoms with van der Waals surface area (Å²) in [6.07, 6.45) is 5.64. The molecule has 2 aromatic carbocycles. The van der Waals surface area contributed by atoms with E-state index in [4.69, 9.17) is 0 Å². The number of para-hydroxylation sites is 1. The molecule has 0 atom stereocenters. The highest BCUT2D eigenvalue weighted by Crippen LogP contribution is 2.24. The number of carbonyl (C=O) groups is 2. The molecular weight excluding hydrogens is 451 g/mol. The maximum absolute atomic E-state index is 13.0. The number of nitrogens with one attached hydrogen (secondary N) is 1. The molecule has 3 rings (SSSR count). The van der Waals surface area contributed by atoms with E-state index in [1.165, 1.54) is 6.42 Å². The Kier molecular flexibility index (Phi) is 6.52. The summed E-state index contributed by atoms with van der Waals surface area (Å²) in [5.41, 5.74) is 2.93. The summed E-state index contributed by atoms with van der Waals surface area (Å²) in [6, 6.07) is 13.2.